The van der Waals surface area contributed by atoms with Gasteiger partial charge >= 0.3 is 6.09 Å². The Hall–Kier alpha value is -4.85. The van der Waals surface area contributed by atoms with E-state index >= 15 is 0 Å². The predicted molar refractivity (Wildman–Crippen MR) is 147 cm³/mol. The molecule has 4 aromatic carbocycles. The van der Waals surface area contributed by atoms with Gasteiger partial charge in [-0.25, -0.2) is 4.79 Å². The van der Waals surface area contributed by atoms with E-state index in [0.29, 0.717) is 11.3 Å². The number of hydrogen-bond donors (Lipinski definition) is 3. The number of β-lactam (4-membered cyclic amide) rings is 1. The Morgan fingerprint density at radius 2 is 1.64 bits per heavy atom. The average Bonchev–Trinajstić information content (AvgIpc) is 2.94. The monoisotopic (exact) mass is 523 g/mol. The summed E-state index contributed by atoms with van der Waals surface area (Å²) in [6, 6.07) is 28.9. The van der Waals surface area contributed by atoms with Gasteiger partial charge in [0.2, 0.25) is 6.23 Å². The highest BCUT2D eigenvalue weighted by atomic mass is 16.5. The van der Waals surface area contributed by atoms with Crippen molar-refractivity contribution in [2.75, 3.05) is 0 Å². The molecular formula is C31H29N3O5. The van der Waals surface area contributed by atoms with Crippen LogP contribution in [0.2, 0.25) is 0 Å². The highest BCUT2D eigenvalue weighted by molar-refractivity contribution is 5.98. The predicted octanol–water partition coefficient (Wildman–Crippen LogP) is 4.31. The van der Waals surface area contributed by atoms with Crippen molar-refractivity contribution in [1.82, 2.24) is 16.0 Å². The van der Waals surface area contributed by atoms with Crippen LogP contribution in [-0.2, 0) is 26.5 Å². The molecule has 3 atom stereocenters. The molecule has 8 heteroatoms. The number of nitrogens with one attached hydrogen (secondary N) is 3. The van der Waals surface area contributed by atoms with E-state index in [4.69, 9.17) is 9.47 Å². The van der Waals surface area contributed by atoms with Crippen molar-refractivity contribution in [1.29, 1.82) is 0 Å². The summed E-state index contributed by atoms with van der Waals surface area (Å²) in [5, 5.41) is 10.1. The first-order chi connectivity index (χ1) is 18.8. The van der Waals surface area contributed by atoms with Gasteiger partial charge in [-0.1, -0.05) is 78.9 Å². The molecule has 0 aromatic heterocycles. The van der Waals surface area contributed by atoms with E-state index < -0.39 is 29.8 Å². The summed E-state index contributed by atoms with van der Waals surface area (Å²) in [6.45, 7) is 3.56. The van der Waals surface area contributed by atoms with Gasteiger partial charge in [0.1, 0.15) is 17.9 Å². The second kappa shape index (κ2) is 10.9. The summed E-state index contributed by atoms with van der Waals surface area (Å²) in [7, 11) is 0. The number of hydrogen-bond acceptors (Lipinski definition) is 5. The van der Waals surface area contributed by atoms with Crippen molar-refractivity contribution in [2.45, 2.75) is 38.3 Å². The highest BCUT2D eigenvalue weighted by Crippen LogP contribution is 2.27. The van der Waals surface area contributed by atoms with Gasteiger partial charge in [-0.2, -0.15) is 0 Å². The molecule has 0 bridgehead atoms. The summed E-state index contributed by atoms with van der Waals surface area (Å²) < 4.78 is 11.3. The number of carbonyl (C=O) groups excluding carboxylic acids is 3. The van der Waals surface area contributed by atoms with E-state index in [1.54, 1.807) is 19.1 Å². The van der Waals surface area contributed by atoms with Crippen molar-refractivity contribution in [3.8, 4) is 5.75 Å². The van der Waals surface area contributed by atoms with Gasteiger partial charge in [0, 0.05) is 0 Å². The smallest absolute Gasteiger partial charge is 0.408 e. The fourth-order valence-electron chi connectivity index (χ4n) is 4.44. The van der Waals surface area contributed by atoms with Gasteiger partial charge in [0.25, 0.3) is 11.8 Å². The van der Waals surface area contributed by atoms with E-state index in [9.17, 15) is 14.4 Å². The number of benzene rings is 4. The minimum Gasteiger partial charge on any atom is -0.468 e. The molecule has 1 heterocycles. The molecule has 4 aromatic rings. The molecule has 0 aliphatic carbocycles. The zero-order chi connectivity index (χ0) is 27.4. The molecule has 0 unspecified atom stereocenters. The normalized spacial score (nSPS) is 17.7. The van der Waals surface area contributed by atoms with Crippen LogP contribution in [0.1, 0.15) is 23.6 Å². The van der Waals surface area contributed by atoms with Gasteiger partial charge in [-0.05, 0) is 59.5 Å². The second-order valence-corrected chi connectivity index (χ2v) is 9.69. The van der Waals surface area contributed by atoms with E-state index in [0.717, 1.165) is 21.9 Å². The summed E-state index contributed by atoms with van der Waals surface area (Å²) in [5.74, 6) is -0.389. The lowest BCUT2D eigenvalue weighted by Gasteiger charge is -2.39. The number of aryl methyl sites for hydroxylation is 1. The number of ether oxygens (including phenoxy) is 2. The van der Waals surface area contributed by atoms with Crippen LogP contribution >= 0.6 is 0 Å². The van der Waals surface area contributed by atoms with E-state index in [1.165, 1.54) is 0 Å². The third-order valence-electron chi connectivity index (χ3n) is 6.75. The van der Waals surface area contributed by atoms with Crippen molar-refractivity contribution < 1.29 is 23.9 Å². The first-order valence-electron chi connectivity index (χ1n) is 12.6. The van der Waals surface area contributed by atoms with Crippen molar-refractivity contribution in [3.05, 3.63) is 114 Å². The maximum Gasteiger partial charge on any atom is 0.408 e. The molecule has 5 rings (SSSR count). The van der Waals surface area contributed by atoms with Crippen molar-refractivity contribution in [3.63, 3.8) is 0 Å². The van der Waals surface area contributed by atoms with Gasteiger partial charge in [-0.15, -0.1) is 0 Å². The third kappa shape index (κ3) is 5.70. The number of rotatable bonds is 8. The molecule has 198 valence electrons. The molecule has 3 N–H and O–H groups in total. The second-order valence-electron chi connectivity index (χ2n) is 9.69. The molecule has 3 amide bonds. The Bertz CT molecular complexity index is 1520. The lowest BCUT2D eigenvalue weighted by Crippen LogP contribution is -2.73. The first-order valence-corrected chi connectivity index (χ1v) is 12.6. The largest absolute Gasteiger partial charge is 0.468 e. The topological polar surface area (TPSA) is 106 Å². The quantitative estimate of drug-likeness (QED) is 0.299. The van der Waals surface area contributed by atoms with Crippen LogP contribution in [0.4, 0.5) is 4.79 Å². The molecule has 1 fully saturated rings. The van der Waals surface area contributed by atoms with Gasteiger partial charge in [-0.3, -0.25) is 9.59 Å². The fraction of sp³-hybridized carbons (Fsp3) is 0.194. The third-order valence-corrected chi connectivity index (χ3v) is 6.75. The molecular weight excluding hydrogens is 494 g/mol. The first kappa shape index (κ1) is 25.8. The van der Waals surface area contributed by atoms with Crippen molar-refractivity contribution >= 4 is 28.7 Å². The van der Waals surface area contributed by atoms with E-state index in [1.807, 2.05) is 91.9 Å². The maximum atomic E-state index is 13.8. The molecule has 1 aliphatic heterocycles. The maximum absolute atomic E-state index is 13.8. The van der Waals surface area contributed by atoms with Crippen LogP contribution in [0.5, 0.6) is 5.75 Å². The lowest BCUT2D eigenvalue weighted by atomic mass is 9.88. The van der Waals surface area contributed by atoms with Crippen LogP contribution in [0.3, 0.4) is 0 Å². The molecule has 1 aliphatic rings. The molecule has 39 heavy (non-hydrogen) atoms. The Morgan fingerprint density at radius 1 is 0.897 bits per heavy atom. The SMILES string of the molecule is Cc1cccc(O[C@H]2NC(=O)[C@H]2NC(=O)[C@](C)(NC(=O)OCc2ccccc2)c2ccc3ccccc3c2)c1. The molecule has 8 nitrogen and oxygen atoms in total. The average molecular weight is 524 g/mol. The number of carbonyl (C=O) groups is 3. The minimum absolute atomic E-state index is 0.0412. The van der Waals surface area contributed by atoms with Crippen LogP contribution < -0.4 is 20.7 Å². The number of amides is 3. The Morgan fingerprint density at radius 3 is 2.38 bits per heavy atom. The Balaban J connectivity index is 1.37. The lowest BCUT2D eigenvalue weighted by molar-refractivity contribution is -0.145. The zero-order valence-corrected chi connectivity index (χ0v) is 21.6. The summed E-state index contributed by atoms with van der Waals surface area (Å²) in [4.78, 5) is 39.2. The van der Waals surface area contributed by atoms with Gasteiger partial charge in [0.05, 0.1) is 0 Å². The fourth-order valence-corrected chi connectivity index (χ4v) is 4.44. The van der Waals surface area contributed by atoms with Crippen molar-refractivity contribution in [2.24, 2.45) is 0 Å². The van der Waals surface area contributed by atoms with Crippen LogP contribution in [0.25, 0.3) is 10.8 Å². The van der Waals surface area contributed by atoms with Gasteiger partial charge < -0.3 is 25.4 Å². The van der Waals surface area contributed by atoms with Crippen LogP contribution in [-0.4, -0.2) is 30.2 Å². The highest BCUT2D eigenvalue weighted by Gasteiger charge is 2.46. The Kier molecular flexibility index (Phi) is 7.19. The van der Waals surface area contributed by atoms with E-state index in [2.05, 4.69) is 16.0 Å². The number of alkyl carbamates (subject to hydrolysis) is 1. The Labute approximate surface area is 226 Å². The summed E-state index contributed by atoms with van der Waals surface area (Å²) in [5.41, 5.74) is 0.792. The van der Waals surface area contributed by atoms with Crippen LogP contribution in [0, 0.1) is 6.92 Å². The van der Waals surface area contributed by atoms with E-state index in [-0.39, 0.29) is 12.5 Å². The van der Waals surface area contributed by atoms with Crippen LogP contribution in [0.15, 0.2) is 97.1 Å². The molecule has 0 saturated carbocycles. The molecule has 1 saturated heterocycles. The molecule has 0 radical (unpaired) electrons. The minimum atomic E-state index is -1.55. The number of fused-ring (bicyclic) bond motifs is 1. The standard InChI is InChI=1S/C31H29N3O5/c1-20-9-8-14-25(17-20)39-28-26(27(35)33-28)32-29(36)31(2,24-16-15-22-12-6-7-13-23(22)18-24)34-30(37)38-19-21-10-4-3-5-11-21/h3-18,26,28H,19H2,1-2H3,(H,32,36)(H,33,35)(H,34,37)/t26-,28-,31-/m1/s1. The van der Waals surface area contributed by atoms with Gasteiger partial charge in [0.15, 0.2) is 6.04 Å². The summed E-state index contributed by atoms with van der Waals surface area (Å²) >= 11 is 0. The zero-order valence-electron chi connectivity index (χ0n) is 21.6. The molecule has 0 spiro atoms. The summed E-state index contributed by atoms with van der Waals surface area (Å²) in [6.07, 6.45) is -1.52.